The second kappa shape index (κ2) is 6.42. The number of carbonyl (C=O) groups excluding carboxylic acids is 1. The van der Waals surface area contributed by atoms with Crippen LogP contribution >= 0.6 is 23.2 Å². The number of hydrogen-bond donors (Lipinski definition) is 1. The lowest BCUT2D eigenvalue weighted by molar-refractivity contribution is 0.102. The van der Waals surface area contributed by atoms with Crippen LogP contribution in [-0.2, 0) is 5.88 Å². The van der Waals surface area contributed by atoms with Crippen molar-refractivity contribution < 1.29 is 4.79 Å². The lowest BCUT2D eigenvalue weighted by Gasteiger charge is -2.07. The van der Waals surface area contributed by atoms with Gasteiger partial charge in [0, 0.05) is 17.1 Å². The molecule has 1 N–H and O–H groups in total. The molecule has 0 bridgehead atoms. The molecule has 0 radical (unpaired) electrons. The molecule has 0 atom stereocenters. The lowest BCUT2D eigenvalue weighted by Crippen LogP contribution is -2.12. The fourth-order valence-corrected chi connectivity index (χ4v) is 2.01. The van der Waals surface area contributed by atoms with Gasteiger partial charge >= 0.3 is 0 Å². The fraction of sp³-hybridized carbons (Fsp3) is 0.0667. The third-order valence-corrected chi connectivity index (χ3v) is 3.33. The molecule has 0 aliphatic carbocycles. The first-order chi connectivity index (χ1) is 9.63. The first-order valence-corrected chi connectivity index (χ1v) is 6.71. The quantitative estimate of drug-likeness (QED) is 0.864. The number of carbonyl (C=O) groups is 1. The van der Waals surface area contributed by atoms with Crippen molar-refractivity contribution in [3.63, 3.8) is 0 Å². The van der Waals surface area contributed by atoms with Gasteiger partial charge in [-0.25, -0.2) is 0 Å². The van der Waals surface area contributed by atoms with E-state index in [1.165, 1.54) is 6.07 Å². The summed E-state index contributed by atoms with van der Waals surface area (Å²) in [5, 5.41) is 12.0. The molecule has 0 unspecified atom stereocenters. The van der Waals surface area contributed by atoms with Gasteiger partial charge in [0.15, 0.2) is 0 Å². The molecule has 0 saturated heterocycles. The normalized spacial score (nSPS) is 9.85. The van der Waals surface area contributed by atoms with Gasteiger partial charge in [0.2, 0.25) is 0 Å². The third-order valence-electron chi connectivity index (χ3n) is 2.69. The molecule has 2 aromatic carbocycles. The van der Waals surface area contributed by atoms with E-state index in [-0.39, 0.29) is 5.91 Å². The molecule has 20 heavy (non-hydrogen) atoms. The van der Waals surface area contributed by atoms with Gasteiger partial charge in [-0.1, -0.05) is 23.7 Å². The van der Waals surface area contributed by atoms with E-state index in [0.717, 1.165) is 5.56 Å². The molecule has 0 saturated carbocycles. The predicted molar refractivity (Wildman–Crippen MR) is 80.1 cm³/mol. The van der Waals surface area contributed by atoms with E-state index >= 15 is 0 Å². The largest absolute Gasteiger partial charge is 0.322 e. The topological polar surface area (TPSA) is 52.9 Å². The molecule has 0 aromatic heterocycles. The average molecular weight is 305 g/mol. The van der Waals surface area contributed by atoms with Crippen LogP contribution in [0.15, 0.2) is 42.5 Å². The number of hydrogen-bond acceptors (Lipinski definition) is 2. The number of amides is 1. The molecule has 3 nitrogen and oxygen atoms in total. The van der Waals surface area contributed by atoms with E-state index in [1.54, 1.807) is 30.3 Å². The highest BCUT2D eigenvalue weighted by Crippen LogP contribution is 2.20. The first kappa shape index (κ1) is 14.4. The maximum atomic E-state index is 12.1. The van der Waals surface area contributed by atoms with E-state index in [2.05, 4.69) is 5.32 Å². The second-order valence-electron chi connectivity index (χ2n) is 4.09. The Morgan fingerprint density at radius 3 is 2.75 bits per heavy atom. The molecule has 0 aliphatic heterocycles. The minimum atomic E-state index is -0.261. The van der Waals surface area contributed by atoms with Crippen LogP contribution in [0, 0.1) is 11.3 Å². The van der Waals surface area contributed by atoms with Crippen LogP contribution in [0.5, 0.6) is 0 Å². The monoisotopic (exact) mass is 304 g/mol. The average Bonchev–Trinajstić information content (AvgIpc) is 2.49. The summed E-state index contributed by atoms with van der Waals surface area (Å²) in [4.78, 5) is 12.1. The molecule has 0 fully saturated rings. The summed E-state index contributed by atoms with van der Waals surface area (Å²) in [6, 6.07) is 13.8. The Morgan fingerprint density at radius 1 is 1.25 bits per heavy atom. The molecular formula is C15H10Cl2N2O. The minimum Gasteiger partial charge on any atom is -0.322 e. The highest BCUT2D eigenvalue weighted by atomic mass is 35.5. The summed E-state index contributed by atoms with van der Waals surface area (Å²) in [6.45, 7) is 0. The number of nitrogens with zero attached hydrogens (tertiary/aromatic N) is 1. The zero-order valence-corrected chi connectivity index (χ0v) is 11.9. The van der Waals surface area contributed by atoms with Crippen molar-refractivity contribution in [3.05, 3.63) is 64.2 Å². The van der Waals surface area contributed by atoms with Gasteiger partial charge in [-0.05, 0) is 35.9 Å². The smallest absolute Gasteiger partial charge is 0.255 e. The van der Waals surface area contributed by atoms with E-state index < -0.39 is 0 Å². The van der Waals surface area contributed by atoms with Crippen LogP contribution in [0.2, 0.25) is 5.02 Å². The van der Waals surface area contributed by atoms with E-state index in [1.807, 2.05) is 12.1 Å². The van der Waals surface area contributed by atoms with Crippen molar-refractivity contribution in [2.75, 3.05) is 5.32 Å². The Kier molecular flexibility index (Phi) is 4.62. The number of rotatable bonds is 3. The molecule has 1 amide bonds. The summed E-state index contributed by atoms with van der Waals surface area (Å²) in [5.41, 5.74) is 2.22. The molecule has 100 valence electrons. The van der Waals surface area contributed by atoms with Gasteiger partial charge in [-0.2, -0.15) is 5.26 Å². The lowest BCUT2D eigenvalue weighted by atomic mass is 10.1. The number of halogens is 2. The maximum Gasteiger partial charge on any atom is 0.255 e. The second-order valence-corrected chi connectivity index (χ2v) is 4.77. The highest BCUT2D eigenvalue weighted by molar-refractivity contribution is 6.31. The zero-order chi connectivity index (χ0) is 14.5. The summed E-state index contributed by atoms with van der Waals surface area (Å²) >= 11 is 11.6. The van der Waals surface area contributed by atoms with Crippen LogP contribution in [0.3, 0.4) is 0 Å². The van der Waals surface area contributed by atoms with Crippen molar-refractivity contribution >= 4 is 34.8 Å². The molecule has 2 rings (SSSR count). The standard InChI is InChI=1S/C15H10Cl2N2O/c16-8-10-2-1-3-11(6-10)15(20)19-13-4-5-14(17)12(7-13)9-18/h1-7H,8H2,(H,19,20). The van der Waals surface area contributed by atoms with Crippen molar-refractivity contribution in [3.8, 4) is 6.07 Å². The van der Waals surface area contributed by atoms with E-state index in [4.69, 9.17) is 28.5 Å². The van der Waals surface area contributed by atoms with Crippen LogP contribution < -0.4 is 5.32 Å². The van der Waals surface area contributed by atoms with Crippen molar-refractivity contribution in [1.82, 2.24) is 0 Å². The summed E-state index contributed by atoms with van der Waals surface area (Å²) in [7, 11) is 0. The van der Waals surface area contributed by atoms with Gasteiger partial charge in [0.1, 0.15) is 6.07 Å². The molecule has 0 spiro atoms. The van der Waals surface area contributed by atoms with Crippen LogP contribution in [-0.4, -0.2) is 5.91 Å². The van der Waals surface area contributed by atoms with E-state index in [9.17, 15) is 4.79 Å². The van der Waals surface area contributed by atoms with Crippen LogP contribution in [0.25, 0.3) is 0 Å². The number of alkyl halides is 1. The van der Waals surface area contributed by atoms with Crippen molar-refractivity contribution in [1.29, 1.82) is 5.26 Å². The Morgan fingerprint density at radius 2 is 2.05 bits per heavy atom. The SMILES string of the molecule is N#Cc1cc(NC(=O)c2cccc(CCl)c2)ccc1Cl. The van der Waals surface area contributed by atoms with Gasteiger partial charge in [-0.3, -0.25) is 4.79 Å². The number of nitriles is 1. The fourth-order valence-electron chi connectivity index (χ4n) is 1.69. The van der Waals surface area contributed by atoms with Crippen LogP contribution in [0.4, 0.5) is 5.69 Å². The minimum absolute atomic E-state index is 0.261. The Hall–Kier alpha value is -2.02. The Labute approximate surface area is 126 Å². The Balaban J connectivity index is 2.21. The first-order valence-electron chi connectivity index (χ1n) is 5.80. The summed E-state index contributed by atoms with van der Waals surface area (Å²) < 4.78 is 0. The number of nitrogens with one attached hydrogen (secondary N) is 1. The van der Waals surface area contributed by atoms with Crippen LogP contribution in [0.1, 0.15) is 21.5 Å². The van der Waals surface area contributed by atoms with Gasteiger partial charge < -0.3 is 5.32 Å². The summed E-state index contributed by atoms with van der Waals surface area (Å²) in [5.74, 6) is 0.0869. The number of anilines is 1. The molecule has 0 heterocycles. The van der Waals surface area contributed by atoms with Gasteiger partial charge in [-0.15, -0.1) is 11.6 Å². The molecule has 2 aromatic rings. The zero-order valence-electron chi connectivity index (χ0n) is 10.4. The summed E-state index contributed by atoms with van der Waals surface area (Å²) in [6.07, 6.45) is 0. The maximum absolute atomic E-state index is 12.1. The number of benzene rings is 2. The van der Waals surface area contributed by atoms with Gasteiger partial charge in [0.05, 0.1) is 10.6 Å². The molecule has 0 aliphatic rings. The van der Waals surface area contributed by atoms with Crippen molar-refractivity contribution in [2.24, 2.45) is 0 Å². The predicted octanol–water partition coefficient (Wildman–Crippen LogP) is 4.20. The molecular weight excluding hydrogens is 295 g/mol. The van der Waals surface area contributed by atoms with Crippen molar-refractivity contribution in [2.45, 2.75) is 5.88 Å². The molecule has 5 heteroatoms. The van der Waals surface area contributed by atoms with Gasteiger partial charge in [0.25, 0.3) is 5.91 Å². The highest BCUT2D eigenvalue weighted by Gasteiger charge is 2.08. The van der Waals surface area contributed by atoms with E-state index in [0.29, 0.717) is 27.7 Å². The Bertz CT molecular complexity index is 693. The third kappa shape index (κ3) is 3.30.